The first-order chi connectivity index (χ1) is 22.1. The van der Waals surface area contributed by atoms with E-state index in [9.17, 15) is 29.5 Å². The summed E-state index contributed by atoms with van der Waals surface area (Å²) < 4.78 is 18.2. The number of aromatic hydroxyl groups is 1. The molecule has 0 saturated carbocycles. The van der Waals surface area contributed by atoms with E-state index in [0.717, 1.165) is 21.6 Å². The molecule has 4 heterocycles. The summed E-state index contributed by atoms with van der Waals surface area (Å²) >= 11 is 0. The maximum Gasteiger partial charge on any atom is 0.513 e. The number of nitrogens with zero attached hydrogens (tertiary/aromatic N) is 3. The van der Waals surface area contributed by atoms with Crippen LogP contribution in [0, 0.1) is 11.3 Å². The molecule has 1 atom stereocenters. The molecule has 0 unspecified atom stereocenters. The molecular weight excluding hydrogens is 624 g/mol. The van der Waals surface area contributed by atoms with E-state index in [2.05, 4.69) is 18.6 Å². The van der Waals surface area contributed by atoms with Crippen molar-refractivity contribution in [3.05, 3.63) is 51.3 Å². The van der Waals surface area contributed by atoms with Crippen LogP contribution in [0.2, 0.25) is 0 Å². The predicted octanol–water partition coefficient (Wildman–Crippen LogP) is 3.95. The maximum absolute atomic E-state index is 14.1. The van der Waals surface area contributed by atoms with Gasteiger partial charge in [-0.15, -0.1) is 0 Å². The first kappa shape index (κ1) is 33.9. The molecule has 47 heavy (non-hydrogen) atoms. The van der Waals surface area contributed by atoms with Crippen LogP contribution in [0.5, 0.6) is 5.75 Å². The average Bonchev–Trinajstić information content (AvgIpc) is 3.34. The number of pyridine rings is 2. The number of hydrogen-bond acceptors (Lipinski definition) is 10. The Morgan fingerprint density at radius 1 is 1.21 bits per heavy atom. The lowest BCUT2D eigenvalue weighted by atomic mass is 9.85. The van der Waals surface area contributed by atoms with Crippen molar-refractivity contribution < 1.29 is 39.0 Å². The van der Waals surface area contributed by atoms with Crippen LogP contribution in [-0.4, -0.2) is 63.1 Å². The van der Waals surface area contributed by atoms with Gasteiger partial charge in [0.2, 0.25) is 5.60 Å². The number of nitriles is 1. The van der Waals surface area contributed by atoms with Gasteiger partial charge in [-0.05, 0) is 76.1 Å². The second-order valence-electron chi connectivity index (χ2n) is 13.3. The fourth-order valence-corrected chi connectivity index (χ4v) is 8.99. The number of quaternary nitrogens is 1. The van der Waals surface area contributed by atoms with Gasteiger partial charge in [0.25, 0.3) is 5.56 Å². The lowest BCUT2D eigenvalue weighted by Crippen LogP contribution is -2.88. The van der Waals surface area contributed by atoms with Crippen molar-refractivity contribution in [2.45, 2.75) is 82.6 Å². The van der Waals surface area contributed by atoms with Gasteiger partial charge >= 0.3 is 18.0 Å². The Labute approximate surface area is 274 Å². The summed E-state index contributed by atoms with van der Waals surface area (Å²) in [7, 11) is -1.53. The highest BCUT2D eigenvalue weighted by Crippen LogP contribution is 2.57. The quantitative estimate of drug-likeness (QED) is 0.151. The number of amides is 1. The van der Waals surface area contributed by atoms with E-state index in [1.54, 1.807) is 56.5 Å². The van der Waals surface area contributed by atoms with E-state index in [4.69, 9.17) is 19.2 Å². The molecule has 13 heteroatoms. The SMILES string of the molecule is CC[C@@]1(OC(=O)CC[NH2+]C(=O)OC(C)(C)C)C(=O)OCc2c1cc1n(c2=O)Cc2c-1nc1ccc(O)cc1c2S(C)(C)CCCC#N. The van der Waals surface area contributed by atoms with Gasteiger partial charge < -0.3 is 23.9 Å². The minimum absolute atomic E-state index is 0.0157. The Morgan fingerprint density at radius 3 is 2.64 bits per heavy atom. The van der Waals surface area contributed by atoms with Crippen molar-refractivity contribution in [1.82, 2.24) is 9.55 Å². The minimum Gasteiger partial charge on any atom is -0.508 e. The van der Waals surface area contributed by atoms with Crippen LogP contribution in [0.25, 0.3) is 22.3 Å². The standard InChI is InChI=1S/C34H40N4O8S/c1-7-34(45-27(40)12-14-36-32(43)46-33(2,3)4)24-17-26-28-22(18-38(26)30(41)23(24)19-44-31(34)42)29(47(5,6)15-9-8-13-35)21-16-20(39)10-11-25(21)37-28/h10-11,16-17,39H,7-9,12,14-15,18-19H2,1-6H3,(H,36,43)/p+1/t34-/m0/s1. The van der Waals surface area contributed by atoms with Crippen molar-refractivity contribution in [2.75, 3.05) is 24.8 Å². The van der Waals surface area contributed by atoms with Gasteiger partial charge in [0.15, 0.2) is 0 Å². The Balaban J connectivity index is 1.57. The molecule has 0 spiro atoms. The van der Waals surface area contributed by atoms with Crippen molar-refractivity contribution >= 4 is 39.0 Å². The lowest BCUT2D eigenvalue weighted by Gasteiger charge is -2.35. The highest BCUT2D eigenvalue weighted by Gasteiger charge is 2.50. The number of carbonyl (C=O) groups excluding carboxylic acids is 3. The van der Waals surface area contributed by atoms with Crippen LogP contribution in [0.3, 0.4) is 0 Å². The molecule has 3 N–H and O–H groups in total. The smallest absolute Gasteiger partial charge is 0.508 e. The van der Waals surface area contributed by atoms with E-state index in [-0.39, 0.29) is 55.0 Å². The van der Waals surface area contributed by atoms with Crippen LogP contribution < -0.4 is 10.9 Å². The summed E-state index contributed by atoms with van der Waals surface area (Å²) in [5.74, 6) is -0.632. The number of aromatic nitrogens is 2. The van der Waals surface area contributed by atoms with Gasteiger partial charge in [-0.2, -0.15) is 10.1 Å². The maximum atomic E-state index is 14.1. The highest BCUT2D eigenvalue weighted by molar-refractivity contribution is 8.32. The van der Waals surface area contributed by atoms with Gasteiger partial charge in [-0.3, -0.25) is 9.59 Å². The van der Waals surface area contributed by atoms with Crippen LogP contribution in [0.4, 0.5) is 4.79 Å². The monoisotopic (exact) mass is 665 g/mol. The molecule has 0 bridgehead atoms. The fourth-order valence-electron chi connectivity index (χ4n) is 6.33. The van der Waals surface area contributed by atoms with Crippen molar-refractivity contribution in [3.63, 3.8) is 0 Å². The second kappa shape index (κ2) is 12.7. The molecule has 1 amide bonds. The highest BCUT2D eigenvalue weighted by atomic mass is 32.3. The van der Waals surface area contributed by atoms with Gasteiger partial charge in [-0.25, -0.2) is 25.1 Å². The van der Waals surface area contributed by atoms with E-state index in [1.807, 2.05) is 0 Å². The molecule has 2 aromatic heterocycles. The lowest BCUT2D eigenvalue weighted by molar-refractivity contribution is -0.571. The molecule has 12 nitrogen and oxygen atoms in total. The van der Waals surface area contributed by atoms with Gasteiger partial charge in [0, 0.05) is 27.8 Å². The second-order valence-corrected chi connectivity index (χ2v) is 17.2. The Hall–Kier alpha value is -4.41. The Kier molecular flexibility index (Phi) is 9.14. The zero-order chi connectivity index (χ0) is 34.3. The number of unbranched alkanes of at least 4 members (excludes halogenated alkanes) is 1. The third kappa shape index (κ3) is 6.44. The molecule has 0 radical (unpaired) electrons. The summed E-state index contributed by atoms with van der Waals surface area (Å²) in [5, 5.41) is 21.7. The third-order valence-electron chi connectivity index (χ3n) is 8.44. The van der Waals surface area contributed by atoms with E-state index >= 15 is 0 Å². The van der Waals surface area contributed by atoms with Gasteiger partial charge in [0.1, 0.15) is 18.0 Å². The average molecular weight is 666 g/mol. The number of carbonyl (C=O) groups is 3. The molecule has 0 fully saturated rings. The summed E-state index contributed by atoms with van der Waals surface area (Å²) in [6.07, 6.45) is 4.71. The Morgan fingerprint density at radius 2 is 1.96 bits per heavy atom. The number of primary amides is 1. The number of hydrogen-bond donors (Lipinski definition) is 2. The number of cyclic esters (lactones) is 1. The number of rotatable bonds is 9. The molecule has 2 aliphatic rings. The molecule has 1 aromatic carbocycles. The van der Waals surface area contributed by atoms with Crippen LogP contribution in [0.15, 0.2) is 34.0 Å². The van der Waals surface area contributed by atoms with Crippen molar-refractivity contribution in [2.24, 2.45) is 0 Å². The summed E-state index contributed by atoms with van der Waals surface area (Å²) in [6, 6.07) is 8.93. The number of benzene rings is 1. The van der Waals surface area contributed by atoms with Crippen molar-refractivity contribution in [1.29, 1.82) is 5.26 Å². The number of nitrogens with two attached hydrogens (primary N) is 1. The zero-order valence-electron chi connectivity index (χ0n) is 27.6. The molecular formula is C34H41N4O8S+. The van der Waals surface area contributed by atoms with Gasteiger partial charge in [0.05, 0.1) is 48.0 Å². The summed E-state index contributed by atoms with van der Waals surface area (Å²) in [6.45, 7) is 6.90. The number of esters is 2. The Bertz CT molecular complexity index is 1890. The normalized spacial score (nSPS) is 17.3. The number of phenolic OH excluding ortho intramolecular Hbond substituents is 1. The van der Waals surface area contributed by atoms with E-state index in [0.29, 0.717) is 29.7 Å². The number of fused-ring (bicyclic) bond motifs is 5. The molecule has 2 aliphatic heterocycles. The molecule has 0 aliphatic carbocycles. The first-order valence-electron chi connectivity index (χ1n) is 15.6. The summed E-state index contributed by atoms with van der Waals surface area (Å²) in [5.41, 5.74) is 0.150. The van der Waals surface area contributed by atoms with Crippen molar-refractivity contribution in [3.8, 4) is 23.2 Å². The van der Waals surface area contributed by atoms with E-state index < -0.39 is 39.3 Å². The van der Waals surface area contributed by atoms with Gasteiger partial charge in [-0.1, -0.05) is 6.92 Å². The summed E-state index contributed by atoms with van der Waals surface area (Å²) in [4.78, 5) is 58.7. The number of phenols is 1. The first-order valence-corrected chi connectivity index (χ1v) is 18.2. The minimum atomic E-state index is -1.86. The van der Waals surface area contributed by atoms with E-state index in [1.165, 1.54) is 5.32 Å². The molecule has 3 aromatic rings. The molecule has 5 rings (SSSR count). The fraction of sp³-hybridized carbons (Fsp3) is 0.471. The molecule has 250 valence electrons. The predicted molar refractivity (Wildman–Crippen MR) is 175 cm³/mol. The largest absolute Gasteiger partial charge is 0.513 e. The third-order valence-corrected chi connectivity index (χ3v) is 11.3. The molecule has 0 saturated heterocycles. The topological polar surface area (TPSA) is 174 Å². The number of ether oxygens (including phenoxy) is 3. The van der Waals surface area contributed by atoms with Crippen LogP contribution in [-0.2, 0) is 42.6 Å². The van der Waals surface area contributed by atoms with Crippen LogP contribution in [0.1, 0.15) is 70.1 Å². The zero-order valence-corrected chi connectivity index (χ0v) is 28.4. The van der Waals surface area contributed by atoms with Crippen LogP contribution >= 0.6 is 10.0 Å².